The Bertz CT molecular complexity index is 921. The molecule has 0 radical (unpaired) electrons. The lowest BCUT2D eigenvalue weighted by Crippen LogP contribution is -2.36. The van der Waals surface area contributed by atoms with Gasteiger partial charge in [0, 0.05) is 47.4 Å². The van der Waals surface area contributed by atoms with E-state index in [1.807, 2.05) is 6.07 Å². The molecule has 166 valence electrons. The number of carbonyl (C=O) groups excluding carboxylic acids is 2. The Morgan fingerprint density at radius 3 is 2.81 bits per heavy atom. The first-order valence-electron chi connectivity index (χ1n) is 10.3. The Hall–Kier alpha value is -2.65. The second-order valence-corrected chi connectivity index (χ2v) is 8.24. The highest BCUT2D eigenvalue weighted by atomic mass is 35.5. The first-order valence-corrected chi connectivity index (χ1v) is 10.7. The molecular weight excluding hydrogens is 427 g/mol. The zero-order valence-electron chi connectivity index (χ0n) is 16.8. The zero-order valence-corrected chi connectivity index (χ0v) is 17.6. The molecule has 10 heteroatoms. The molecule has 1 aliphatic heterocycles. The SMILES string of the molecule is O=C(NCc1c(F)cccc1Cl)OC1CC(c2cc(NC(=O)C3CCOCC3)n[nH]2)C1. The number of ether oxygens (including phenoxy) is 2. The standard InChI is InChI=1S/C21H24ClFN4O4/c22-16-2-1-3-17(23)15(16)11-24-21(29)31-14-8-13(9-14)18-10-19(27-26-18)25-20(28)12-4-6-30-7-5-12/h1-3,10,12-14H,4-9,11H2,(H,24,29)(H2,25,26,27,28). The number of carbonyl (C=O) groups is 2. The van der Waals surface area contributed by atoms with Crippen LogP contribution in [0.2, 0.25) is 5.02 Å². The van der Waals surface area contributed by atoms with E-state index < -0.39 is 11.9 Å². The van der Waals surface area contributed by atoms with Crippen molar-refractivity contribution in [2.24, 2.45) is 5.92 Å². The minimum Gasteiger partial charge on any atom is -0.446 e. The number of alkyl carbamates (subject to hydrolysis) is 1. The van der Waals surface area contributed by atoms with Crippen LogP contribution in [0.3, 0.4) is 0 Å². The van der Waals surface area contributed by atoms with Crippen LogP contribution in [0.5, 0.6) is 0 Å². The molecule has 0 spiro atoms. The van der Waals surface area contributed by atoms with Crippen molar-refractivity contribution in [1.29, 1.82) is 0 Å². The lowest BCUT2D eigenvalue weighted by atomic mass is 9.80. The van der Waals surface area contributed by atoms with Gasteiger partial charge in [0.2, 0.25) is 5.91 Å². The van der Waals surface area contributed by atoms with E-state index in [1.54, 1.807) is 6.07 Å². The van der Waals surface area contributed by atoms with Crippen LogP contribution >= 0.6 is 11.6 Å². The highest BCUT2D eigenvalue weighted by molar-refractivity contribution is 6.31. The number of anilines is 1. The smallest absolute Gasteiger partial charge is 0.407 e. The fourth-order valence-electron chi connectivity index (χ4n) is 3.77. The van der Waals surface area contributed by atoms with Crippen molar-refractivity contribution < 1.29 is 23.5 Å². The molecule has 2 amide bonds. The third-order valence-corrected chi connectivity index (χ3v) is 6.07. The minimum absolute atomic E-state index is 0.0391. The number of aromatic nitrogens is 2. The third-order valence-electron chi connectivity index (χ3n) is 5.72. The van der Waals surface area contributed by atoms with Gasteiger partial charge in [0.25, 0.3) is 0 Å². The average Bonchev–Trinajstić information content (AvgIpc) is 3.18. The van der Waals surface area contributed by atoms with E-state index >= 15 is 0 Å². The molecule has 2 aliphatic rings. The van der Waals surface area contributed by atoms with E-state index in [1.165, 1.54) is 12.1 Å². The van der Waals surface area contributed by atoms with Gasteiger partial charge in [0.15, 0.2) is 5.82 Å². The number of hydrogen-bond acceptors (Lipinski definition) is 5. The fourth-order valence-corrected chi connectivity index (χ4v) is 4.00. The van der Waals surface area contributed by atoms with Crippen LogP contribution in [-0.2, 0) is 20.8 Å². The zero-order chi connectivity index (χ0) is 21.8. The van der Waals surface area contributed by atoms with Crippen LogP contribution in [0.15, 0.2) is 24.3 Å². The summed E-state index contributed by atoms with van der Waals surface area (Å²) in [5.41, 5.74) is 1.11. The lowest BCUT2D eigenvalue weighted by Gasteiger charge is -2.33. The number of H-pyrrole nitrogens is 1. The molecular formula is C21H24ClFN4O4. The maximum absolute atomic E-state index is 13.7. The number of nitrogens with one attached hydrogen (secondary N) is 3. The molecule has 2 fully saturated rings. The van der Waals surface area contributed by atoms with Crippen molar-refractivity contribution in [2.45, 2.75) is 44.2 Å². The maximum Gasteiger partial charge on any atom is 0.407 e. The van der Waals surface area contributed by atoms with E-state index in [0.717, 1.165) is 18.5 Å². The van der Waals surface area contributed by atoms with Gasteiger partial charge < -0.3 is 20.1 Å². The number of nitrogens with zero attached hydrogens (tertiary/aromatic N) is 1. The van der Waals surface area contributed by atoms with E-state index in [9.17, 15) is 14.0 Å². The Balaban J connectivity index is 1.20. The Labute approximate surface area is 183 Å². The van der Waals surface area contributed by atoms with Gasteiger partial charge >= 0.3 is 6.09 Å². The largest absolute Gasteiger partial charge is 0.446 e. The van der Waals surface area contributed by atoms with Gasteiger partial charge in [-0.05, 0) is 37.8 Å². The predicted octanol–water partition coefficient (Wildman–Crippen LogP) is 3.74. The number of hydrogen-bond donors (Lipinski definition) is 3. The van der Waals surface area contributed by atoms with Crippen molar-refractivity contribution in [3.63, 3.8) is 0 Å². The highest BCUT2D eigenvalue weighted by Gasteiger charge is 2.34. The molecule has 1 aromatic heterocycles. The van der Waals surface area contributed by atoms with E-state index in [0.29, 0.717) is 31.9 Å². The second-order valence-electron chi connectivity index (χ2n) is 7.83. The number of aromatic amines is 1. The van der Waals surface area contributed by atoms with Crippen LogP contribution in [0.1, 0.15) is 42.9 Å². The van der Waals surface area contributed by atoms with Gasteiger partial charge in [-0.15, -0.1) is 0 Å². The molecule has 0 atom stereocenters. The quantitative estimate of drug-likeness (QED) is 0.621. The van der Waals surface area contributed by atoms with Gasteiger partial charge in [-0.2, -0.15) is 5.10 Å². The van der Waals surface area contributed by atoms with Crippen LogP contribution in [0, 0.1) is 11.7 Å². The summed E-state index contributed by atoms with van der Waals surface area (Å²) in [6.45, 7) is 1.17. The first-order chi connectivity index (χ1) is 15.0. The van der Waals surface area contributed by atoms with Crippen molar-refractivity contribution in [1.82, 2.24) is 15.5 Å². The monoisotopic (exact) mass is 450 g/mol. The summed E-state index contributed by atoms with van der Waals surface area (Å²) >= 11 is 5.95. The van der Waals surface area contributed by atoms with Crippen LogP contribution in [0.4, 0.5) is 15.0 Å². The highest BCUT2D eigenvalue weighted by Crippen LogP contribution is 2.38. The molecule has 2 heterocycles. The molecule has 3 N–H and O–H groups in total. The van der Waals surface area contributed by atoms with Crippen molar-refractivity contribution >= 4 is 29.4 Å². The van der Waals surface area contributed by atoms with Crippen molar-refractivity contribution in [2.75, 3.05) is 18.5 Å². The van der Waals surface area contributed by atoms with Crippen LogP contribution in [-0.4, -0.2) is 41.5 Å². The van der Waals surface area contributed by atoms with Gasteiger partial charge in [-0.25, -0.2) is 9.18 Å². The number of benzene rings is 1. The van der Waals surface area contributed by atoms with Gasteiger partial charge in [0.1, 0.15) is 11.9 Å². The lowest BCUT2D eigenvalue weighted by molar-refractivity contribution is -0.122. The summed E-state index contributed by atoms with van der Waals surface area (Å²) in [6, 6.07) is 6.17. The number of halogens is 2. The average molecular weight is 451 g/mol. The molecule has 1 aromatic carbocycles. The van der Waals surface area contributed by atoms with Gasteiger partial charge in [0.05, 0.1) is 6.54 Å². The van der Waals surface area contributed by atoms with E-state index in [4.69, 9.17) is 21.1 Å². The van der Waals surface area contributed by atoms with Gasteiger partial charge in [-0.3, -0.25) is 9.89 Å². The Morgan fingerprint density at radius 1 is 1.29 bits per heavy atom. The third kappa shape index (κ3) is 5.34. The molecule has 1 saturated heterocycles. The summed E-state index contributed by atoms with van der Waals surface area (Å²) < 4.78 is 24.4. The second kappa shape index (κ2) is 9.65. The molecule has 0 unspecified atom stereocenters. The number of rotatable bonds is 6. The normalized spacial score (nSPS) is 21.2. The van der Waals surface area contributed by atoms with Crippen molar-refractivity contribution in [3.05, 3.63) is 46.4 Å². The Kier molecular flexibility index (Phi) is 6.72. The fraction of sp³-hybridized carbons (Fsp3) is 0.476. The Morgan fingerprint density at radius 2 is 2.06 bits per heavy atom. The molecule has 8 nitrogen and oxygen atoms in total. The first kappa shape index (κ1) is 21.6. The molecule has 4 rings (SSSR count). The molecule has 31 heavy (non-hydrogen) atoms. The van der Waals surface area contributed by atoms with E-state index in [-0.39, 0.29) is 41.0 Å². The summed E-state index contributed by atoms with van der Waals surface area (Å²) in [6.07, 6.45) is 1.88. The van der Waals surface area contributed by atoms with Crippen LogP contribution in [0.25, 0.3) is 0 Å². The minimum atomic E-state index is -0.614. The number of amides is 2. The maximum atomic E-state index is 13.7. The molecule has 2 aromatic rings. The molecule has 1 aliphatic carbocycles. The summed E-state index contributed by atoms with van der Waals surface area (Å²) in [5, 5.41) is 12.7. The predicted molar refractivity (Wildman–Crippen MR) is 111 cm³/mol. The van der Waals surface area contributed by atoms with Crippen LogP contribution < -0.4 is 10.6 Å². The summed E-state index contributed by atoms with van der Waals surface area (Å²) in [7, 11) is 0. The topological polar surface area (TPSA) is 105 Å². The molecule has 0 bridgehead atoms. The molecule has 1 saturated carbocycles. The van der Waals surface area contributed by atoms with Gasteiger partial charge in [-0.1, -0.05) is 17.7 Å². The summed E-state index contributed by atoms with van der Waals surface area (Å²) in [4.78, 5) is 24.3. The summed E-state index contributed by atoms with van der Waals surface area (Å²) in [5.74, 6) is 0.0989. The van der Waals surface area contributed by atoms with Crippen molar-refractivity contribution in [3.8, 4) is 0 Å². The van der Waals surface area contributed by atoms with E-state index in [2.05, 4.69) is 20.8 Å².